The second-order valence-electron chi connectivity index (χ2n) is 8.48. The van der Waals surface area contributed by atoms with Gasteiger partial charge in [0.1, 0.15) is 13.3 Å². The second kappa shape index (κ2) is 13.2. The van der Waals surface area contributed by atoms with E-state index >= 15 is 0 Å². The van der Waals surface area contributed by atoms with E-state index in [-0.39, 0.29) is 30.0 Å². The summed E-state index contributed by atoms with van der Waals surface area (Å²) >= 11 is 1.64. The summed E-state index contributed by atoms with van der Waals surface area (Å²) in [5, 5.41) is 5.06. The lowest BCUT2D eigenvalue weighted by atomic mass is 10.1. The van der Waals surface area contributed by atoms with Gasteiger partial charge in [-0.1, -0.05) is 24.3 Å². The van der Waals surface area contributed by atoms with E-state index in [1.165, 1.54) is 53.8 Å². The van der Waals surface area contributed by atoms with Gasteiger partial charge in [-0.25, -0.2) is 18.0 Å². The normalized spacial score (nSPS) is 10.9. The third kappa shape index (κ3) is 8.35. The molecule has 0 spiro atoms. The van der Waals surface area contributed by atoms with E-state index in [0.717, 1.165) is 16.7 Å². The molecular weight excluding hydrogens is 560 g/mol. The lowest BCUT2D eigenvalue weighted by Gasteiger charge is -2.00. The molecule has 40 heavy (non-hydrogen) atoms. The molecule has 2 amide bonds. The van der Waals surface area contributed by atoms with Crippen molar-refractivity contribution in [2.24, 2.45) is 0 Å². The summed E-state index contributed by atoms with van der Waals surface area (Å²) in [5.74, 6) is -0.423. The molecule has 2 aromatic heterocycles. The van der Waals surface area contributed by atoms with Gasteiger partial charge in [0.15, 0.2) is 9.84 Å². The Morgan fingerprint density at radius 1 is 0.775 bits per heavy atom. The van der Waals surface area contributed by atoms with Crippen LogP contribution in [0.3, 0.4) is 0 Å². The van der Waals surface area contributed by atoms with Crippen LogP contribution in [0, 0.1) is 0 Å². The lowest BCUT2D eigenvalue weighted by Crippen LogP contribution is -2.22. The van der Waals surface area contributed by atoms with Crippen molar-refractivity contribution >= 4 is 33.4 Å². The van der Waals surface area contributed by atoms with Crippen molar-refractivity contribution in [3.8, 4) is 22.3 Å². The van der Waals surface area contributed by atoms with Crippen molar-refractivity contribution in [3.05, 3.63) is 81.8 Å². The van der Waals surface area contributed by atoms with Gasteiger partial charge in [-0.05, 0) is 41.6 Å². The molecule has 0 radical (unpaired) electrons. The van der Waals surface area contributed by atoms with Crippen LogP contribution in [0.15, 0.2) is 89.4 Å². The molecule has 0 aliphatic heterocycles. The quantitative estimate of drug-likeness (QED) is 0.295. The maximum atomic E-state index is 11.7. The molecular formula is C26H28N4O8S2. The topological polar surface area (TPSA) is 163 Å². The number of hydrogen-bond acceptors (Lipinski definition) is 9. The van der Waals surface area contributed by atoms with Gasteiger partial charge in [-0.15, -0.1) is 11.8 Å². The highest BCUT2D eigenvalue weighted by Gasteiger charge is 2.12. The highest BCUT2D eigenvalue weighted by atomic mass is 32.2. The number of nitrogens with zero attached hydrogens (tertiary/aromatic N) is 2. The first-order valence-corrected chi connectivity index (χ1v) is 14.8. The number of hydrogen-bond donors (Lipinski definition) is 2. The number of rotatable bonds is 8. The summed E-state index contributed by atoms with van der Waals surface area (Å²) in [5.41, 5.74) is 1.14. The average molecular weight is 589 g/mol. The minimum atomic E-state index is -3.28. The van der Waals surface area contributed by atoms with E-state index in [9.17, 15) is 27.6 Å². The standard InChI is InChI=1S/C13H14N2O5S.C13H14N2O3S/c1-9(16)14-8-15-7-12(13(17)20-15)10-3-5-11(6-4-10)21(2,18)19;1-9(16)14-8-15-7-12(13(17)18-15)10-3-5-11(19-2)6-4-10/h3-7H,8H2,1-2H3,(H,14,16);3-7H,8H2,1-2H3,(H,14,16). The van der Waals surface area contributed by atoms with Crippen LogP contribution in [0.1, 0.15) is 13.8 Å². The molecule has 0 aliphatic carbocycles. The van der Waals surface area contributed by atoms with Crippen molar-refractivity contribution in [2.75, 3.05) is 12.5 Å². The third-order valence-electron chi connectivity index (χ3n) is 5.35. The zero-order valence-electron chi connectivity index (χ0n) is 22.2. The van der Waals surface area contributed by atoms with Crippen molar-refractivity contribution < 1.29 is 27.1 Å². The minimum Gasteiger partial charge on any atom is -0.336 e. The molecule has 0 saturated carbocycles. The van der Waals surface area contributed by atoms with E-state index in [0.29, 0.717) is 16.7 Å². The Morgan fingerprint density at radius 3 is 1.52 bits per heavy atom. The van der Waals surface area contributed by atoms with Crippen LogP contribution in [-0.2, 0) is 32.8 Å². The maximum Gasteiger partial charge on any atom is 0.365 e. The predicted molar refractivity (Wildman–Crippen MR) is 149 cm³/mol. The summed E-state index contributed by atoms with van der Waals surface area (Å²) in [6, 6.07) is 13.6. The van der Waals surface area contributed by atoms with Crippen LogP contribution in [0.5, 0.6) is 0 Å². The van der Waals surface area contributed by atoms with E-state index in [1.54, 1.807) is 18.0 Å². The molecule has 2 N–H and O–H groups in total. The molecule has 0 bridgehead atoms. The van der Waals surface area contributed by atoms with Crippen LogP contribution < -0.4 is 21.9 Å². The Hall–Kier alpha value is -4.30. The fourth-order valence-electron chi connectivity index (χ4n) is 3.33. The fourth-order valence-corrected chi connectivity index (χ4v) is 4.37. The number of carbonyl (C=O) groups is 2. The molecule has 0 unspecified atom stereocenters. The number of amides is 2. The van der Waals surface area contributed by atoms with E-state index in [1.807, 2.05) is 30.5 Å². The van der Waals surface area contributed by atoms with Crippen molar-refractivity contribution in [1.82, 2.24) is 20.1 Å². The zero-order chi connectivity index (χ0) is 29.4. The molecule has 212 valence electrons. The van der Waals surface area contributed by atoms with Crippen molar-refractivity contribution in [3.63, 3.8) is 0 Å². The zero-order valence-corrected chi connectivity index (χ0v) is 23.8. The maximum absolute atomic E-state index is 11.7. The number of sulfone groups is 1. The van der Waals surface area contributed by atoms with Crippen molar-refractivity contribution in [1.29, 1.82) is 0 Å². The summed E-state index contributed by atoms with van der Waals surface area (Å²) in [6.45, 7) is 2.95. The van der Waals surface area contributed by atoms with Gasteiger partial charge >= 0.3 is 11.3 Å². The van der Waals surface area contributed by atoms with Crippen LogP contribution >= 0.6 is 11.8 Å². The number of aromatic nitrogens is 2. The molecule has 0 aliphatic rings. The predicted octanol–water partition coefficient (Wildman–Crippen LogP) is 2.53. The van der Waals surface area contributed by atoms with Crippen LogP contribution in [0.4, 0.5) is 0 Å². The molecule has 0 atom stereocenters. The Labute approximate surface area is 233 Å². The highest BCUT2D eigenvalue weighted by molar-refractivity contribution is 7.98. The molecule has 0 fully saturated rings. The first kappa shape index (κ1) is 30.2. The molecule has 2 aromatic carbocycles. The Balaban J connectivity index is 0.000000222. The first-order valence-electron chi connectivity index (χ1n) is 11.7. The molecule has 0 saturated heterocycles. The summed E-state index contributed by atoms with van der Waals surface area (Å²) in [7, 11) is -3.28. The summed E-state index contributed by atoms with van der Waals surface area (Å²) in [6.07, 6.45) is 6.15. The molecule has 14 heteroatoms. The van der Waals surface area contributed by atoms with Crippen LogP contribution in [0.25, 0.3) is 22.3 Å². The monoisotopic (exact) mass is 588 g/mol. The molecule has 4 rings (SSSR count). The summed E-state index contributed by atoms with van der Waals surface area (Å²) < 4.78 is 35.2. The average Bonchev–Trinajstić information content (AvgIpc) is 3.48. The lowest BCUT2D eigenvalue weighted by molar-refractivity contribution is -0.120. The van der Waals surface area contributed by atoms with E-state index in [2.05, 4.69) is 10.6 Å². The van der Waals surface area contributed by atoms with Gasteiger partial charge in [0.05, 0.1) is 28.4 Å². The van der Waals surface area contributed by atoms with Gasteiger partial charge in [0, 0.05) is 25.0 Å². The molecule has 12 nitrogen and oxygen atoms in total. The number of nitrogens with one attached hydrogen (secondary N) is 2. The van der Waals surface area contributed by atoms with Gasteiger partial charge in [0.2, 0.25) is 11.8 Å². The van der Waals surface area contributed by atoms with E-state index < -0.39 is 21.1 Å². The van der Waals surface area contributed by atoms with Gasteiger partial charge < -0.3 is 19.7 Å². The smallest absolute Gasteiger partial charge is 0.336 e. The SMILES string of the molecule is CC(=O)NCn1cc(-c2ccc(S(C)(=O)=O)cc2)c(=O)o1.CSc1ccc(-c2cn(CNC(C)=O)oc2=O)cc1. The first-order chi connectivity index (χ1) is 18.9. The van der Waals surface area contributed by atoms with Gasteiger partial charge in [0.25, 0.3) is 0 Å². The Morgan fingerprint density at radius 2 is 1.18 bits per heavy atom. The van der Waals surface area contributed by atoms with Crippen molar-refractivity contribution in [2.45, 2.75) is 37.0 Å². The number of carbonyl (C=O) groups excluding carboxylic acids is 2. The van der Waals surface area contributed by atoms with Crippen LogP contribution in [0.2, 0.25) is 0 Å². The van der Waals surface area contributed by atoms with Crippen LogP contribution in [-0.4, -0.2) is 42.2 Å². The fraction of sp³-hybridized carbons (Fsp3) is 0.231. The minimum absolute atomic E-state index is 0.0476. The third-order valence-corrected chi connectivity index (χ3v) is 7.22. The molecule has 2 heterocycles. The van der Waals surface area contributed by atoms with E-state index in [4.69, 9.17) is 9.05 Å². The summed E-state index contributed by atoms with van der Waals surface area (Å²) in [4.78, 5) is 46.4. The highest BCUT2D eigenvalue weighted by Crippen LogP contribution is 2.21. The Bertz CT molecular complexity index is 1700. The number of benzene rings is 2. The molecule has 4 aromatic rings. The Kier molecular flexibility index (Phi) is 9.96. The largest absolute Gasteiger partial charge is 0.365 e. The second-order valence-corrected chi connectivity index (χ2v) is 11.4. The number of thioether (sulfide) groups is 1. The van der Waals surface area contributed by atoms with Gasteiger partial charge in [-0.3, -0.25) is 9.59 Å². The van der Waals surface area contributed by atoms with Gasteiger partial charge in [-0.2, -0.15) is 9.48 Å².